The Morgan fingerprint density at radius 3 is 2.95 bits per heavy atom. The fraction of sp³-hybridized carbons (Fsp3) is 0.588. The lowest BCUT2D eigenvalue weighted by molar-refractivity contribution is 0.0855. The number of benzene rings is 1. The monoisotopic (exact) mass is 290 g/mol. The molecule has 1 aliphatic heterocycles. The normalized spacial score (nSPS) is 18.5. The number of likely N-dealkylation sites (tertiary alicyclic amines) is 1. The smallest absolute Gasteiger partial charge is 0.409 e. The molecule has 2 rings (SSSR count). The molecule has 116 valence electrons. The molecule has 0 radical (unpaired) electrons. The molecule has 0 aromatic heterocycles. The van der Waals surface area contributed by atoms with E-state index in [9.17, 15) is 4.79 Å². The number of hydrogen-bond acceptors (Lipinski definition) is 3. The lowest BCUT2D eigenvalue weighted by Gasteiger charge is -2.30. The number of carbonyl (C=O) groups is 1. The van der Waals surface area contributed by atoms with E-state index in [0.717, 1.165) is 39.0 Å². The third-order valence-corrected chi connectivity index (χ3v) is 3.81. The van der Waals surface area contributed by atoms with Crippen LogP contribution in [0, 0.1) is 5.92 Å². The van der Waals surface area contributed by atoms with Crippen LogP contribution in [0.2, 0.25) is 0 Å². The molecule has 0 spiro atoms. The molecule has 1 aromatic carbocycles. The van der Waals surface area contributed by atoms with Crippen LogP contribution >= 0.6 is 0 Å². The van der Waals surface area contributed by atoms with E-state index in [2.05, 4.69) is 24.4 Å². The summed E-state index contributed by atoms with van der Waals surface area (Å²) in [4.78, 5) is 13.7. The van der Waals surface area contributed by atoms with Gasteiger partial charge in [-0.2, -0.15) is 0 Å². The van der Waals surface area contributed by atoms with Crippen molar-refractivity contribution >= 4 is 6.09 Å². The van der Waals surface area contributed by atoms with Crippen LogP contribution in [0.1, 0.15) is 31.7 Å². The third kappa shape index (κ3) is 5.76. The molecule has 4 nitrogen and oxygen atoms in total. The quantitative estimate of drug-likeness (QED) is 0.819. The Bertz CT molecular complexity index is 422. The highest BCUT2D eigenvalue weighted by molar-refractivity contribution is 5.67. The van der Waals surface area contributed by atoms with Crippen LogP contribution in [0.5, 0.6) is 0 Å². The Labute approximate surface area is 127 Å². The molecule has 21 heavy (non-hydrogen) atoms. The molecule has 1 saturated heterocycles. The fourth-order valence-electron chi connectivity index (χ4n) is 2.63. The van der Waals surface area contributed by atoms with Gasteiger partial charge in [-0.1, -0.05) is 37.3 Å². The Balaban J connectivity index is 1.52. The highest BCUT2D eigenvalue weighted by Gasteiger charge is 2.21. The van der Waals surface area contributed by atoms with Gasteiger partial charge in [0.15, 0.2) is 0 Å². The van der Waals surface area contributed by atoms with Gasteiger partial charge in [0.25, 0.3) is 0 Å². The van der Waals surface area contributed by atoms with Crippen LogP contribution in [0.3, 0.4) is 0 Å². The average Bonchev–Trinajstić information content (AvgIpc) is 2.51. The summed E-state index contributed by atoms with van der Waals surface area (Å²) in [5.41, 5.74) is 1.27. The minimum absolute atomic E-state index is 0.149. The topological polar surface area (TPSA) is 41.6 Å². The van der Waals surface area contributed by atoms with Gasteiger partial charge in [0.05, 0.1) is 6.61 Å². The summed E-state index contributed by atoms with van der Waals surface area (Å²) in [6.07, 6.45) is 3.01. The van der Waals surface area contributed by atoms with Crippen molar-refractivity contribution in [2.45, 2.75) is 32.7 Å². The van der Waals surface area contributed by atoms with Crippen LogP contribution in [0.25, 0.3) is 0 Å². The second-order valence-corrected chi connectivity index (χ2v) is 5.82. The summed E-state index contributed by atoms with van der Waals surface area (Å²) in [6, 6.07) is 10.3. The van der Waals surface area contributed by atoms with Crippen molar-refractivity contribution in [2.75, 3.05) is 26.2 Å². The summed E-state index contributed by atoms with van der Waals surface area (Å²) in [7, 11) is 0. The number of amides is 1. The first kappa shape index (κ1) is 15.8. The molecule has 1 N–H and O–H groups in total. The molecule has 0 saturated carbocycles. The first-order valence-electron chi connectivity index (χ1n) is 7.92. The minimum Gasteiger partial charge on any atom is -0.449 e. The zero-order chi connectivity index (χ0) is 14.9. The summed E-state index contributed by atoms with van der Waals surface area (Å²) >= 11 is 0. The van der Waals surface area contributed by atoms with E-state index >= 15 is 0 Å². The molecule has 1 aliphatic rings. The highest BCUT2D eigenvalue weighted by Crippen LogP contribution is 2.16. The van der Waals surface area contributed by atoms with Crippen molar-refractivity contribution in [3.8, 4) is 0 Å². The van der Waals surface area contributed by atoms with Crippen LogP contribution in [0.15, 0.2) is 30.3 Å². The van der Waals surface area contributed by atoms with E-state index in [1.54, 1.807) is 0 Å². The number of nitrogens with one attached hydrogen (secondary N) is 1. The minimum atomic E-state index is -0.149. The number of nitrogens with zero attached hydrogens (tertiary/aromatic N) is 1. The summed E-state index contributed by atoms with van der Waals surface area (Å²) in [6.45, 7) is 6.08. The van der Waals surface area contributed by atoms with Crippen molar-refractivity contribution in [3.63, 3.8) is 0 Å². The Morgan fingerprint density at radius 2 is 2.19 bits per heavy atom. The summed E-state index contributed by atoms with van der Waals surface area (Å²) < 4.78 is 5.33. The lowest BCUT2D eigenvalue weighted by atomic mass is 10.0. The van der Waals surface area contributed by atoms with Crippen LogP contribution in [0.4, 0.5) is 4.79 Å². The average molecular weight is 290 g/mol. The molecule has 4 heteroatoms. The van der Waals surface area contributed by atoms with Gasteiger partial charge in [0.2, 0.25) is 0 Å². The summed E-state index contributed by atoms with van der Waals surface area (Å²) in [5.74, 6) is 0.596. The predicted molar refractivity (Wildman–Crippen MR) is 84.1 cm³/mol. The van der Waals surface area contributed by atoms with E-state index in [4.69, 9.17) is 4.74 Å². The maximum absolute atomic E-state index is 11.9. The molecular weight excluding hydrogens is 264 g/mol. The van der Waals surface area contributed by atoms with Crippen molar-refractivity contribution in [1.82, 2.24) is 10.2 Å². The van der Waals surface area contributed by atoms with Gasteiger partial charge in [0, 0.05) is 19.6 Å². The predicted octanol–water partition coefficient (Wildman–Crippen LogP) is 3.03. The third-order valence-electron chi connectivity index (χ3n) is 3.81. The van der Waals surface area contributed by atoms with E-state index in [-0.39, 0.29) is 6.09 Å². The number of ether oxygens (including phenoxy) is 1. The van der Waals surface area contributed by atoms with Crippen LogP contribution < -0.4 is 5.32 Å². The van der Waals surface area contributed by atoms with E-state index in [1.165, 1.54) is 12.0 Å². The van der Waals surface area contributed by atoms with Gasteiger partial charge in [0.1, 0.15) is 0 Å². The van der Waals surface area contributed by atoms with Gasteiger partial charge in [-0.25, -0.2) is 4.79 Å². The van der Waals surface area contributed by atoms with Gasteiger partial charge in [-0.05, 0) is 37.3 Å². The fourth-order valence-corrected chi connectivity index (χ4v) is 2.63. The first-order chi connectivity index (χ1) is 10.3. The summed E-state index contributed by atoms with van der Waals surface area (Å²) in [5, 5.41) is 3.36. The number of hydrogen-bond donors (Lipinski definition) is 1. The lowest BCUT2D eigenvalue weighted by Crippen LogP contribution is -2.39. The van der Waals surface area contributed by atoms with Crippen LogP contribution in [-0.2, 0) is 11.3 Å². The molecular formula is C17H26N2O2. The van der Waals surface area contributed by atoms with Crippen molar-refractivity contribution < 1.29 is 9.53 Å². The molecule has 0 aliphatic carbocycles. The Morgan fingerprint density at radius 1 is 1.38 bits per heavy atom. The molecule has 1 aromatic rings. The second-order valence-electron chi connectivity index (χ2n) is 5.82. The number of rotatable bonds is 6. The highest BCUT2D eigenvalue weighted by atomic mass is 16.6. The van der Waals surface area contributed by atoms with E-state index < -0.39 is 0 Å². The first-order valence-corrected chi connectivity index (χ1v) is 7.92. The van der Waals surface area contributed by atoms with Gasteiger partial charge < -0.3 is 15.0 Å². The maximum atomic E-state index is 11.9. The zero-order valence-corrected chi connectivity index (χ0v) is 12.9. The van der Waals surface area contributed by atoms with Gasteiger partial charge in [-0.15, -0.1) is 0 Å². The van der Waals surface area contributed by atoms with Gasteiger partial charge in [-0.3, -0.25) is 0 Å². The standard InChI is InChI=1S/C17H26N2O2/c1-15-7-5-11-19(14-15)17(20)21-12-6-10-18-13-16-8-3-2-4-9-16/h2-4,8-9,15,18H,5-7,10-14H2,1H3. The number of carbonyl (C=O) groups excluding carboxylic acids is 1. The molecule has 0 bridgehead atoms. The maximum Gasteiger partial charge on any atom is 0.409 e. The van der Waals surface area contributed by atoms with Crippen molar-refractivity contribution in [1.29, 1.82) is 0 Å². The van der Waals surface area contributed by atoms with Crippen LogP contribution in [-0.4, -0.2) is 37.2 Å². The molecule has 1 heterocycles. The Kier molecular flexibility index (Phi) is 6.54. The second kappa shape index (κ2) is 8.67. The van der Waals surface area contributed by atoms with Gasteiger partial charge >= 0.3 is 6.09 Å². The molecule has 1 atom stereocenters. The Hall–Kier alpha value is -1.55. The SMILES string of the molecule is CC1CCCN(C(=O)OCCCNCc2ccccc2)C1. The van der Waals surface area contributed by atoms with Crippen molar-refractivity contribution in [2.24, 2.45) is 5.92 Å². The van der Waals surface area contributed by atoms with E-state index in [0.29, 0.717) is 12.5 Å². The molecule has 1 fully saturated rings. The molecule has 1 unspecified atom stereocenters. The largest absolute Gasteiger partial charge is 0.449 e. The van der Waals surface area contributed by atoms with E-state index in [1.807, 2.05) is 23.1 Å². The zero-order valence-electron chi connectivity index (χ0n) is 12.9. The molecule has 1 amide bonds. The number of piperidine rings is 1. The van der Waals surface area contributed by atoms with Crippen molar-refractivity contribution in [3.05, 3.63) is 35.9 Å².